The summed E-state index contributed by atoms with van der Waals surface area (Å²) in [5.41, 5.74) is 3.23. The van der Waals surface area contributed by atoms with Crippen molar-refractivity contribution < 1.29 is 53.1 Å². The monoisotopic (exact) mass is 928 g/mol. The van der Waals surface area contributed by atoms with Crippen molar-refractivity contribution in [3.8, 4) is 62.8 Å². The van der Waals surface area contributed by atoms with Gasteiger partial charge in [-0.05, 0) is 37.5 Å². The van der Waals surface area contributed by atoms with Crippen molar-refractivity contribution >= 4 is 74.5 Å². The van der Waals surface area contributed by atoms with E-state index in [0.717, 1.165) is 0 Å². The van der Waals surface area contributed by atoms with Crippen molar-refractivity contribution in [2.75, 3.05) is 37.1 Å². The highest BCUT2D eigenvalue weighted by atomic mass is 32.2. The Labute approximate surface area is 364 Å². The third kappa shape index (κ3) is 9.07. The van der Waals surface area contributed by atoms with Crippen molar-refractivity contribution in [3.05, 3.63) is 78.9 Å². The predicted octanol–water partition coefficient (Wildman–Crippen LogP) is 5.84. The first-order valence-electron chi connectivity index (χ1n) is 19.6. The molecule has 330 valence electrons. The molecule has 0 aliphatic carbocycles. The van der Waals surface area contributed by atoms with Crippen LogP contribution in [0, 0.1) is 0 Å². The number of hydrogen-bond donors (Lipinski definition) is 5. The minimum atomic E-state index is -4.25. The molecule has 0 unspecified atom stereocenters. The largest absolute Gasteiger partial charge is 0.493 e. The van der Waals surface area contributed by atoms with Gasteiger partial charge < -0.3 is 24.2 Å². The predicted molar refractivity (Wildman–Crippen MR) is 236 cm³/mol. The van der Waals surface area contributed by atoms with E-state index in [-0.39, 0.29) is 73.7 Å². The third-order valence-corrected chi connectivity index (χ3v) is 12.5. The van der Waals surface area contributed by atoms with Crippen LogP contribution < -0.4 is 14.2 Å². The SMILES string of the molecule is O=S(=O)(O)CCCOc1cccc2c1-c1nc-2nc2[nH]c(nc3nc(nc4[nH]c(n1)c1ccccc41)-c1cccc(OCCCS(=O)(=O)O)c1-3)c1cccc(OCCCS(=O)(=O)O)c21. The molecule has 4 aromatic carbocycles. The lowest BCUT2D eigenvalue weighted by Gasteiger charge is -2.10. The number of H-pyrrole nitrogens is 2. The van der Waals surface area contributed by atoms with Gasteiger partial charge in [-0.2, -0.15) is 25.3 Å². The molecule has 7 aromatic rings. The summed E-state index contributed by atoms with van der Waals surface area (Å²) in [4.78, 5) is 36.5. The van der Waals surface area contributed by atoms with Gasteiger partial charge in [0.2, 0.25) is 0 Å². The lowest BCUT2D eigenvalue weighted by Crippen LogP contribution is -2.08. The topological polar surface area (TPSA) is 300 Å². The fraction of sp³-hybridized carbons (Fsp3) is 0.220. The van der Waals surface area contributed by atoms with E-state index in [0.29, 0.717) is 72.3 Å². The molecule has 64 heavy (non-hydrogen) atoms. The first-order chi connectivity index (χ1) is 30.6. The van der Waals surface area contributed by atoms with Crippen molar-refractivity contribution in [1.82, 2.24) is 39.9 Å². The van der Waals surface area contributed by atoms with Crippen molar-refractivity contribution in [2.24, 2.45) is 0 Å². The second kappa shape index (κ2) is 16.8. The molecule has 5 N–H and O–H groups in total. The quantitative estimate of drug-likeness (QED) is 0.0596. The van der Waals surface area contributed by atoms with Crippen molar-refractivity contribution in [1.29, 1.82) is 0 Å². The zero-order chi connectivity index (χ0) is 44.8. The molecule has 20 nitrogen and oxygen atoms in total. The van der Waals surface area contributed by atoms with Gasteiger partial charge in [-0.15, -0.1) is 0 Å². The minimum Gasteiger partial charge on any atom is -0.493 e. The Bertz CT molecular complexity index is 3480. The molecule has 0 atom stereocenters. The number of benzene rings is 4. The zero-order valence-electron chi connectivity index (χ0n) is 33.3. The van der Waals surface area contributed by atoms with E-state index < -0.39 is 47.6 Å². The van der Waals surface area contributed by atoms with Crippen LogP contribution >= 0.6 is 0 Å². The molecule has 2 aliphatic rings. The van der Waals surface area contributed by atoms with Crippen LogP contribution in [0.15, 0.2) is 78.9 Å². The Morgan fingerprint density at radius 3 is 1.28 bits per heavy atom. The summed E-state index contributed by atoms with van der Waals surface area (Å²) >= 11 is 0. The number of fused-ring (bicyclic) bond motifs is 20. The smallest absolute Gasteiger partial charge is 0.264 e. The Hall–Kier alpha value is -6.63. The molecule has 8 bridgehead atoms. The molecule has 0 saturated heterocycles. The maximum absolute atomic E-state index is 11.5. The zero-order valence-corrected chi connectivity index (χ0v) is 35.7. The number of aromatic amines is 2. The number of aromatic nitrogens is 8. The van der Waals surface area contributed by atoms with Gasteiger partial charge in [-0.1, -0.05) is 60.7 Å². The van der Waals surface area contributed by atoms with Crippen LogP contribution in [0.1, 0.15) is 19.3 Å². The molecule has 0 radical (unpaired) electrons. The third-order valence-electron chi connectivity index (χ3n) is 10.1. The second-order valence-electron chi connectivity index (χ2n) is 14.7. The molecule has 5 heterocycles. The van der Waals surface area contributed by atoms with Crippen LogP contribution in [-0.2, 0) is 30.4 Å². The number of nitrogens with one attached hydrogen (secondary N) is 2. The fourth-order valence-electron chi connectivity index (χ4n) is 7.42. The Morgan fingerprint density at radius 2 is 0.797 bits per heavy atom. The standard InChI is InChI=1S/C41H36N8O12S3/c50-62(51,52)20-6-17-59-28-14-3-11-25-31(28)40-45-36(25)43-34-23-9-1-2-10-24(23)35(42-34)44-39-32-26(12-4-15-29(32)60-18-7-21-63(53,54)55)37(46-39)48-41-33-27(38(47-40)49-41)13-5-16-30(33)61-19-8-22-64(56,57)58/h1-5,9-16H,6-8,17-22H2,(H,50,51,52)(H,53,54,55)(H,56,57,58)(H2,42,43,44,45,46,47,48,49). The van der Waals surface area contributed by atoms with E-state index in [1.807, 2.05) is 24.3 Å². The Morgan fingerprint density at radius 1 is 0.422 bits per heavy atom. The average molecular weight is 929 g/mol. The summed E-state index contributed by atoms with van der Waals surface area (Å²) in [6.07, 6.45) is -0.0186. The Balaban J connectivity index is 1.31. The van der Waals surface area contributed by atoms with E-state index in [2.05, 4.69) is 9.97 Å². The number of hydrogen-bond acceptors (Lipinski definition) is 15. The van der Waals surface area contributed by atoms with Gasteiger partial charge in [0.15, 0.2) is 23.3 Å². The molecular formula is C41H36N8O12S3. The van der Waals surface area contributed by atoms with Gasteiger partial charge in [-0.3, -0.25) is 13.7 Å². The number of ether oxygens (including phenoxy) is 3. The first kappa shape index (κ1) is 42.7. The highest BCUT2D eigenvalue weighted by Gasteiger charge is 2.27. The Kier molecular flexibility index (Phi) is 11.2. The van der Waals surface area contributed by atoms with Gasteiger partial charge >= 0.3 is 0 Å². The van der Waals surface area contributed by atoms with Crippen LogP contribution in [0.5, 0.6) is 17.2 Å². The van der Waals surface area contributed by atoms with E-state index in [9.17, 15) is 38.9 Å². The van der Waals surface area contributed by atoms with Crippen LogP contribution in [0.25, 0.3) is 89.7 Å². The average Bonchev–Trinajstić information content (AvgIpc) is 3.98. The molecule has 3 aromatic heterocycles. The minimum absolute atomic E-state index is 0.000625. The number of nitrogens with zero attached hydrogens (tertiary/aromatic N) is 6. The van der Waals surface area contributed by atoms with E-state index in [1.54, 1.807) is 54.6 Å². The van der Waals surface area contributed by atoms with Crippen molar-refractivity contribution in [3.63, 3.8) is 0 Å². The highest BCUT2D eigenvalue weighted by molar-refractivity contribution is 7.86. The second-order valence-corrected chi connectivity index (χ2v) is 19.4. The summed E-state index contributed by atoms with van der Waals surface area (Å²) in [6, 6.07) is 23.0. The van der Waals surface area contributed by atoms with E-state index in [1.165, 1.54) is 0 Å². The molecule has 23 heteroatoms. The van der Waals surface area contributed by atoms with Crippen molar-refractivity contribution in [2.45, 2.75) is 19.3 Å². The normalized spacial score (nSPS) is 12.6. The van der Waals surface area contributed by atoms with Crippen LogP contribution in [0.2, 0.25) is 0 Å². The molecule has 0 saturated carbocycles. The summed E-state index contributed by atoms with van der Waals surface area (Å²) in [5.74, 6) is 0.239. The van der Waals surface area contributed by atoms with Crippen LogP contribution in [-0.4, -0.2) is 116 Å². The maximum Gasteiger partial charge on any atom is 0.264 e. The molecular weight excluding hydrogens is 893 g/mol. The lowest BCUT2D eigenvalue weighted by molar-refractivity contribution is 0.317. The lowest BCUT2D eigenvalue weighted by atomic mass is 10.1. The van der Waals surface area contributed by atoms with Gasteiger partial charge in [0.1, 0.15) is 39.8 Å². The molecule has 2 aliphatic heterocycles. The molecule has 9 rings (SSSR count). The molecule has 0 amide bonds. The summed E-state index contributed by atoms with van der Waals surface area (Å²) in [6.45, 7) is -0.206. The first-order valence-corrected chi connectivity index (χ1v) is 24.5. The van der Waals surface area contributed by atoms with Crippen LogP contribution in [0.4, 0.5) is 0 Å². The number of rotatable bonds is 15. The fourth-order valence-corrected chi connectivity index (χ4v) is 8.87. The summed E-state index contributed by atoms with van der Waals surface area (Å²) in [7, 11) is -12.7. The highest BCUT2D eigenvalue weighted by Crippen LogP contribution is 2.43. The van der Waals surface area contributed by atoms with Gasteiger partial charge in [0.25, 0.3) is 30.4 Å². The van der Waals surface area contributed by atoms with E-state index >= 15 is 0 Å². The van der Waals surface area contributed by atoms with Gasteiger partial charge in [-0.25, -0.2) is 29.9 Å². The summed E-state index contributed by atoms with van der Waals surface area (Å²) in [5, 5.41) is 2.33. The summed E-state index contributed by atoms with van der Waals surface area (Å²) < 4.78 is 115. The maximum atomic E-state index is 11.5. The van der Waals surface area contributed by atoms with Crippen LogP contribution in [0.3, 0.4) is 0 Å². The van der Waals surface area contributed by atoms with Gasteiger partial charge in [0.05, 0.1) is 53.6 Å². The van der Waals surface area contributed by atoms with Gasteiger partial charge in [0, 0.05) is 27.3 Å². The molecule has 0 spiro atoms. The molecule has 0 fully saturated rings. The van der Waals surface area contributed by atoms with E-state index in [4.69, 9.17) is 44.1 Å².